The molecule has 2 unspecified atom stereocenters. The maximum Gasteiger partial charge on any atom is 0.0118 e. The third-order valence-electron chi connectivity index (χ3n) is 3.86. The van der Waals surface area contributed by atoms with Crippen LogP contribution in [0.3, 0.4) is 0 Å². The van der Waals surface area contributed by atoms with Crippen LogP contribution in [-0.4, -0.2) is 4.43 Å². The van der Waals surface area contributed by atoms with E-state index in [9.17, 15) is 0 Å². The van der Waals surface area contributed by atoms with E-state index in [2.05, 4.69) is 46.6 Å². The Morgan fingerprint density at radius 1 is 1.25 bits per heavy atom. The Kier molecular flexibility index (Phi) is 5.22. The SMILES string of the molecule is ICCC1CC=CC(C[C@@H]2CC#CCC2)C1. The summed E-state index contributed by atoms with van der Waals surface area (Å²) in [7, 11) is 0. The minimum absolute atomic E-state index is 0.853. The van der Waals surface area contributed by atoms with Crippen LogP contribution in [0.2, 0.25) is 0 Å². The van der Waals surface area contributed by atoms with Gasteiger partial charge in [0.15, 0.2) is 0 Å². The zero-order chi connectivity index (χ0) is 11.2. The lowest BCUT2D eigenvalue weighted by molar-refractivity contribution is 0.321. The van der Waals surface area contributed by atoms with Crippen LogP contribution >= 0.6 is 22.6 Å². The Bertz CT molecular complexity index is 294. The van der Waals surface area contributed by atoms with Crippen molar-refractivity contribution in [3.63, 3.8) is 0 Å². The second kappa shape index (κ2) is 6.69. The summed E-state index contributed by atoms with van der Waals surface area (Å²) >= 11 is 2.51. The molecule has 0 aromatic heterocycles. The summed E-state index contributed by atoms with van der Waals surface area (Å²) in [5, 5.41) is 0. The summed E-state index contributed by atoms with van der Waals surface area (Å²) in [4.78, 5) is 0. The van der Waals surface area contributed by atoms with Gasteiger partial charge in [-0.05, 0) is 54.3 Å². The van der Waals surface area contributed by atoms with E-state index >= 15 is 0 Å². The molecular weight excluding hydrogens is 307 g/mol. The molecule has 0 saturated heterocycles. The lowest BCUT2D eigenvalue weighted by atomic mass is 9.78. The quantitative estimate of drug-likeness (QED) is 0.306. The molecule has 3 atom stereocenters. The zero-order valence-electron chi connectivity index (χ0n) is 9.92. The summed E-state index contributed by atoms with van der Waals surface area (Å²) in [5.74, 6) is 9.19. The van der Waals surface area contributed by atoms with Gasteiger partial charge in [0.1, 0.15) is 0 Å². The second-order valence-electron chi connectivity index (χ2n) is 5.20. The predicted octanol–water partition coefficient (Wildman–Crippen LogP) is 4.59. The Morgan fingerprint density at radius 2 is 2.19 bits per heavy atom. The van der Waals surface area contributed by atoms with E-state index in [0.717, 1.165) is 30.6 Å². The van der Waals surface area contributed by atoms with Crippen molar-refractivity contribution in [2.45, 2.75) is 44.9 Å². The molecule has 0 radical (unpaired) electrons. The summed E-state index contributed by atoms with van der Waals surface area (Å²) in [6.07, 6.45) is 14.1. The Hall–Kier alpha value is 0.0300. The van der Waals surface area contributed by atoms with E-state index in [4.69, 9.17) is 0 Å². The van der Waals surface area contributed by atoms with Gasteiger partial charge in [-0.15, -0.1) is 11.8 Å². The third-order valence-corrected chi connectivity index (χ3v) is 4.48. The Morgan fingerprint density at radius 3 is 2.94 bits per heavy atom. The molecule has 1 heteroatoms. The van der Waals surface area contributed by atoms with Gasteiger partial charge < -0.3 is 0 Å². The van der Waals surface area contributed by atoms with E-state index < -0.39 is 0 Å². The normalized spacial score (nSPS) is 33.2. The maximum absolute atomic E-state index is 3.29. The monoisotopic (exact) mass is 328 g/mol. The third kappa shape index (κ3) is 3.80. The molecule has 16 heavy (non-hydrogen) atoms. The molecule has 0 aromatic rings. The van der Waals surface area contributed by atoms with Gasteiger partial charge in [-0.25, -0.2) is 0 Å². The van der Waals surface area contributed by atoms with E-state index in [1.54, 1.807) is 0 Å². The fraction of sp³-hybridized carbons (Fsp3) is 0.733. The molecule has 0 spiro atoms. The van der Waals surface area contributed by atoms with Crippen LogP contribution in [0.1, 0.15) is 44.9 Å². The Balaban J connectivity index is 1.79. The highest BCUT2D eigenvalue weighted by Crippen LogP contribution is 2.33. The number of alkyl halides is 1. The van der Waals surface area contributed by atoms with Crippen LogP contribution in [0.25, 0.3) is 0 Å². The van der Waals surface area contributed by atoms with Crippen molar-refractivity contribution >= 4 is 22.6 Å². The first-order valence-electron chi connectivity index (χ1n) is 6.57. The van der Waals surface area contributed by atoms with Gasteiger partial charge in [-0.2, -0.15) is 0 Å². The molecule has 0 nitrogen and oxygen atoms in total. The van der Waals surface area contributed by atoms with Gasteiger partial charge in [0.05, 0.1) is 0 Å². The van der Waals surface area contributed by atoms with Gasteiger partial charge in [-0.1, -0.05) is 34.7 Å². The Labute approximate surface area is 113 Å². The summed E-state index contributed by atoms with van der Waals surface area (Å²) in [6.45, 7) is 0. The van der Waals surface area contributed by atoms with Crippen molar-refractivity contribution in [2.24, 2.45) is 17.8 Å². The minimum Gasteiger partial charge on any atom is -0.103 e. The van der Waals surface area contributed by atoms with Gasteiger partial charge in [0.25, 0.3) is 0 Å². The first-order valence-corrected chi connectivity index (χ1v) is 8.09. The molecule has 88 valence electrons. The van der Waals surface area contributed by atoms with Gasteiger partial charge in [-0.3, -0.25) is 0 Å². The predicted molar refractivity (Wildman–Crippen MR) is 78.6 cm³/mol. The summed E-state index contributed by atoms with van der Waals surface area (Å²) in [6, 6.07) is 0. The maximum atomic E-state index is 3.29. The summed E-state index contributed by atoms with van der Waals surface area (Å²) in [5.41, 5.74) is 0. The van der Waals surface area contributed by atoms with Crippen LogP contribution in [0.15, 0.2) is 12.2 Å². The van der Waals surface area contributed by atoms with E-state index in [0.29, 0.717) is 0 Å². The number of hydrogen-bond acceptors (Lipinski definition) is 0. The highest BCUT2D eigenvalue weighted by Gasteiger charge is 2.21. The minimum atomic E-state index is 0.853. The van der Waals surface area contributed by atoms with Crippen LogP contribution in [-0.2, 0) is 0 Å². The molecule has 0 N–H and O–H groups in total. The van der Waals surface area contributed by atoms with Crippen molar-refractivity contribution in [3.8, 4) is 11.8 Å². The molecule has 0 saturated carbocycles. The highest BCUT2D eigenvalue weighted by atomic mass is 127. The van der Waals surface area contributed by atoms with Crippen molar-refractivity contribution in [3.05, 3.63) is 12.2 Å². The van der Waals surface area contributed by atoms with Crippen molar-refractivity contribution < 1.29 is 0 Å². The van der Waals surface area contributed by atoms with Crippen molar-refractivity contribution in [1.82, 2.24) is 0 Å². The number of rotatable bonds is 4. The molecular formula is C15H21I. The standard InChI is InChI=1S/C15H21I/c16-10-9-14-7-4-8-15(12-14)11-13-5-2-1-3-6-13/h4,8,13-15H,2,5-7,9-12H2/t13-,14?,15?/m0/s1. The van der Waals surface area contributed by atoms with Crippen molar-refractivity contribution in [2.75, 3.05) is 4.43 Å². The molecule has 0 bridgehead atoms. The van der Waals surface area contributed by atoms with Crippen LogP contribution in [0.5, 0.6) is 0 Å². The molecule has 0 fully saturated rings. The molecule has 0 amide bonds. The van der Waals surface area contributed by atoms with Gasteiger partial charge >= 0.3 is 0 Å². The molecule has 0 heterocycles. The average Bonchev–Trinajstić information content (AvgIpc) is 2.31. The van der Waals surface area contributed by atoms with E-state index in [1.807, 2.05) is 0 Å². The molecule has 2 rings (SSSR count). The first-order chi connectivity index (χ1) is 7.88. The molecule has 0 aliphatic heterocycles. The fourth-order valence-corrected chi connectivity index (χ4v) is 3.82. The molecule has 2 aliphatic rings. The van der Waals surface area contributed by atoms with Crippen LogP contribution < -0.4 is 0 Å². The summed E-state index contributed by atoms with van der Waals surface area (Å²) < 4.78 is 1.32. The average molecular weight is 328 g/mol. The van der Waals surface area contributed by atoms with E-state index in [-0.39, 0.29) is 0 Å². The van der Waals surface area contributed by atoms with Gasteiger partial charge in [0.2, 0.25) is 0 Å². The second-order valence-corrected chi connectivity index (χ2v) is 6.28. The largest absolute Gasteiger partial charge is 0.103 e. The van der Waals surface area contributed by atoms with Crippen molar-refractivity contribution in [1.29, 1.82) is 0 Å². The van der Waals surface area contributed by atoms with Crippen LogP contribution in [0, 0.1) is 29.6 Å². The van der Waals surface area contributed by atoms with Crippen LogP contribution in [0.4, 0.5) is 0 Å². The topological polar surface area (TPSA) is 0 Å². The van der Waals surface area contributed by atoms with Gasteiger partial charge in [0, 0.05) is 12.8 Å². The first kappa shape index (κ1) is 12.5. The lowest BCUT2D eigenvalue weighted by Gasteiger charge is -2.27. The molecule has 0 aromatic carbocycles. The number of hydrogen-bond donors (Lipinski definition) is 0. The zero-order valence-corrected chi connectivity index (χ0v) is 12.1. The van der Waals surface area contributed by atoms with E-state index in [1.165, 1.54) is 36.5 Å². The lowest BCUT2D eigenvalue weighted by Crippen LogP contribution is -2.16. The fourth-order valence-electron chi connectivity index (χ4n) is 2.94. The number of halogens is 1. The molecule has 2 aliphatic carbocycles. The highest BCUT2D eigenvalue weighted by molar-refractivity contribution is 14.1. The smallest absolute Gasteiger partial charge is 0.0118 e. The number of allylic oxidation sites excluding steroid dienone is 2.